The first-order valence-corrected chi connectivity index (χ1v) is 5.45. The molecule has 1 amide bonds. The Balaban J connectivity index is 2.83. The van der Waals surface area contributed by atoms with Crippen LogP contribution in [0.1, 0.15) is 12.5 Å². The molecule has 0 fully saturated rings. The number of hydrogen-bond acceptors (Lipinski definition) is 2. The fraction of sp³-hybridized carbons (Fsp3) is 0.0769. The van der Waals surface area contributed by atoms with Crippen LogP contribution in [0, 0.1) is 0 Å². The van der Waals surface area contributed by atoms with E-state index in [-0.39, 0.29) is 0 Å². The van der Waals surface area contributed by atoms with Gasteiger partial charge in [-0.05, 0) is 24.6 Å². The Morgan fingerprint density at radius 2 is 2.06 bits per heavy atom. The molecule has 0 spiro atoms. The van der Waals surface area contributed by atoms with Crippen molar-refractivity contribution in [3.63, 3.8) is 0 Å². The number of benzene rings is 1. The lowest BCUT2D eigenvalue weighted by Crippen LogP contribution is -2.09. The molecule has 18 heavy (non-hydrogen) atoms. The van der Waals surface area contributed by atoms with Gasteiger partial charge in [-0.15, -0.1) is 0 Å². The highest BCUT2D eigenvalue weighted by Crippen LogP contribution is 2.25. The Morgan fingerprint density at radius 3 is 2.56 bits per heavy atom. The van der Waals surface area contributed by atoms with Gasteiger partial charge in [0, 0.05) is 12.2 Å². The van der Waals surface area contributed by atoms with Crippen molar-refractivity contribution in [1.82, 2.24) is 0 Å². The van der Waals surface area contributed by atoms with E-state index in [2.05, 4.69) is 11.9 Å². The number of carboxylic acid groups (broad SMARTS) is 1. The molecule has 0 radical (unpaired) electrons. The zero-order valence-electron chi connectivity index (χ0n) is 9.74. The summed E-state index contributed by atoms with van der Waals surface area (Å²) in [5, 5.41) is 11.2. The molecule has 1 aromatic carbocycles. The summed E-state index contributed by atoms with van der Waals surface area (Å²) in [6.07, 6.45) is 1.68. The van der Waals surface area contributed by atoms with Crippen molar-refractivity contribution >= 4 is 34.7 Å². The van der Waals surface area contributed by atoms with E-state index in [1.54, 1.807) is 18.2 Å². The second kappa shape index (κ2) is 6.02. The second-order valence-electron chi connectivity index (χ2n) is 3.64. The van der Waals surface area contributed by atoms with Crippen LogP contribution in [0.5, 0.6) is 0 Å². The molecule has 1 aromatic rings. The number of carboxylic acids is 1. The number of aliphatic carboxylic acids is 1. The molecule has 0 saturated heterocycles. The van der Waals surface area contributed by atoms with E-state index >= 15 is 0 Å². The van der Waals surface area contributed by atoms with Crippen LogP contribution >= 0.6 is 11.6 Å². The molecule has 0 aromatic heterocycles. The molecule has 4 nitrogen and oxygen atoms in total. The van der Waals surface area contributed by atoms with E-state index in [1.807, 2.05) is 6.92 Å². The van der Waals surface area contributed by atoms with E-state index in [4.69, 9.17) is 16.7 Å². The number of carbonyl (C=O) groups excluding carboxylic acids is 1. The molecule has 1 rings (SSSR count). The highest BCUT2D eigenvalue weighted by Gasteiger charge is 2.05. The van der Waals surface area contributed by atoms with Crippen molar-refractivity contribution in [2.24, 2.45) is 0 Å². The van der Waals surface area contributed by atoms with Crippen molar-refractivity contribution in [1.29, 1.82) is 0 Å². The fourth-order valence-electron chi connectivity index (χ4n) is 1.20. The van der Waals surface area contributed by atoms with Gasteiger partial charge in [0.25, 0.3) is 0 Å². The van der Waals surface area contributed by atoms with Crippen molar-refractivity contribution in [2.75, 3.05) is 5.32 Å². The van der Waals surface area contributed by atoms with Gasteiger partial charge in [0.15, 0.2) is 0 Å². The summed E-state index contributed by atoms with van der Waals surface area (Å²) in [4.78, 5) is 21.6. The molecule has 2 N–H and O–H groups in total. The van der Waals surface area contributed by atoms with E-state index in [1.165, 1.54) is 0 Å². The highest BCUT2D eigenvalue weighted by molar-refractivity contribution is 6.34. The van der Waals surface area contributed by atoms with Gasteiger partial charge in [-0.3, -0.25) is 4.79 Å². The summed E-state index contributed by atoms with van der Waals surface area (Å²) >= 11 is 5.98. The summed E-state index contributed by atoms with van der Waals surface area (Å²) in [6.45, 7) is 5.63. The monoisotopic (exact) mass is 265 g/mol. The topological polar surface area (TPSA) is 66.4 Å². The first-order chi connectivity index (χ1) is 8.40. The molecule has 5 heteroatoms. The third-order valence-electron chi connectivity index (χ3n) is 2.10. The summed E-state index contributed by atoms with van der Waals surface area (Å²) < 4.78 is 0. The zero-order chi connectivity index (χ0) is 13.7. The number of rotatable bonds is 4. The van der Waals surface area contributed by atoms with Crippen molar-refractivity contribution < 1.29 is 14.7 Å². The molecule has 94 valence electrons. The summed E-state index contributed by atoms with van der Waals surface area (Å²) in [7, 11) is 0. The van der Waals surface area contributed by atoms with Crippen molar-refractivity contribution in [2.45, 2.75) is 6.92 Å². The Hall–Kier alpha value is -2.07. The van der Waals surface area contributed by atoms with E-state index in [0.717, 1.165) is 23.3 Å². The number of carbonyl (C=O) groups is 2. The van der Waals surface area contributed by atoms with Gasteiger partial charge >= 0.3 is 5.97 Å². The summed E-state index contributed by atoms with van der Waals surface area (Å²) in [5.41, 5.74) is 2.15. The van der Waals surface area contributed by atoms with E-state index < -0.39 is 11.9 Å². The van der Waals surface area contributed by atoms with Crippen LogP contribution < -0.4 is 5.32 Å². The highest BCUT2D eigenvalue weighted by atomic mass is 35.5. The molecule has 0 atom stereocenters. The largest absolute Gasteiger partial charge is 0.478 e. The van der Waals surface area contributed by atoms with Crippen LogP contribution in [0.4, 0.5) is 5.69 Å². The molecule has 0 bridgehead atoms. The number of allylic oxidation sites excluding steroid dienone is 1. The normalized spacial score (nSPS) is 10.3. The molecule has 0 saturated carbocycles. The van der Waals surface area contributed by atoms with Gasteiger partial charge in [0.1, 0.15) is 0 Å². The van der Waals surface area contributed by atoms with Crippen LogP contribution in [0.15, 0.2) is 36.9 Å². The number of nitrogens with one attached hydrogen (secondary N) is 1. The van der Waals surface area contributed by atoms with Crippen LogP contribution in [0.25, 0.3) is 5.57 Å². The fourth-order valence-corrected chi connectivity index (χ4v) is 1.43. The minimum atomic E-state index is -1.19. The van der Waals surface area contributed by atoms with Gasteiger partial charge in [0.05, 0.1) is 10.7 Å². The third kappa shape index (κ3) is 4.07. The predicted molar refractivity (Wildman–Crippen MR) is 71.6 cm³/mol. The van der Waals surface area contributed by atoms with Crippen LogP contribution in [-0.2, 0) is 9.59 Å². The lowest BCUT2D eigenvalue weighted by molar-refractivity contribution is -0.131. The van der Waals surface area contributed by atoms with Gasteiger partial charge in [0.2, 0.25) is 5.91 Å². The van der Waals surface area contributed by atoms with Crippen LogP contribution in [-0.4, -0.2) is 17.0 Å². The Bertz CT molecular complexity index is 535. The molecule has 0 aliphatic carbocycles. The van der Waals surface area contributed by atoms with Crippen LogP contribution in [0.2, 0.25) is 5.02 Å². The van der Waals surface area contributed by atoms with Gasteiger partial charge in [-0.25, -0.2) is 4.79 Å². The maximum atomic E-state index is 11.4. The number of hydrogen-bond donors (Lipinski definition) is 2. The van der Waals surface area contributed by atoms with E-state index in [9.17, 15) is 9.59 Å². The Kier molecular flexibility index (Phi) is 4.68. The van der Waals surface area contributed by atoms with E-state index in [0.29, 0.717) is 10.7 Å². The maximum absolute atomic E-state index is 11.4. The number of halogens is 1. The standard InChI is InChI=1S/C13H12ClNO3/c1-8(2)9-3-4-11(10(14)7-9)15-12(16)5-6-13(17)18/h3-7H,1H2,2H3,(H,15,16)(H,17,18)/b6-5-. The number of anilines is 1. The van der Waals surface area contributed by atoms with Gasteiger partial charge in [-0.2, -0.15) is 0 Å². The first-order valence-electron chi connectivity index (χ1n) is 5.07. The molecule has 0 aliphatic rings. The molecule has 0 heterocycles. The first kappa shape index (κ1) is 14.0. The van der Waals surface area contributed by atoms with Gasteiger partial charge < -0.3 is 10.4 Å². The SMILES string of the molecule is C=C(C)c1ccc(NC(=O)/C=C\C(=O)O)c(Cl)c1. The van der Waals surface area contributed by atoms with Crippen molar-refractivity contribution in [3.05, 3.63) is 47.5 Å². The van der Waals surface area contributed by atoms with Crippen LogP contribution in [0.3, 0.4) is 0 Å². The molecular formula is C13H12ClNO3. The Morgan fingerprint density at radius 1 is 1.39 bits per heavy atom. The lowest BCUT2D eigenvalue weighted by atomic mass is 10.1. The minimum absolute atomic E-state index is 0.368. The van der Waals surface area contributed by atoms with Gasteiger partial charge in [-0.1, -0.05) is 29.8 Å². The predicted octanol–water partition coefficient (Wildman–Crippen LogP) is 2.95. The lowest BCUT2D eigenvalue weighted by Gasteiger charge is -2.07. The molecular weight excluding hydrogens is 254 g/mol. The third-order valence-corrected chi connectivity index (χ3v) is 2.41. The van der Waals surface area contributed by atoms with Crippen molar-refractivity contribution in [3.8, 4) is 0 Å². The second-order valence-corrected chi connectivity index (χ2v) is 4.04. The quantitative estimate of drug-likeness (QED) is 0.823. The number of amides is 1. The molecule has 0 unspecified atom stereocenters. The smallest absolute Gasteiger partial charge is 0.328 e. The zero-order valence-corrected chi connectivity index (χ0v) is 10.5. The summed E-state index contributed by atoms with van der Waals surface area (Å²) in [6, 6.07) is 5.09. The maximum Gasteiger partial charge on any atom is 0.328 e. The summed E-state index contributed by atoms with van der Waals surface area (Å²) in [5.74, 6) is -1.74. The average molecular weight is 266 g/mol. The minimum Gasteiger partial charge on any atom is -0.478 e. The molecule has 0 aliphatic heterocycles. The average Bonchev–Trinajstić information content (AvgIpc) is 2.29. The Labute approximate surface area is 110 Å².